The summed E-state index contributed by atoms with van der Waals surface area (Å²) in [5, 5.41) is 5.49. The van der Waals surface area contributed by atoms with Crippen molar-refractivity contribution in [1.82, 2.24) is 4.98 Å². The number of amides is 1. The fourth-order valence-electron chi connectivity index (χ4n) is 1.13. The average Bonchev–Trinajstić information content (AvgIpc) is 2.30. The third-order valence-electron chi connectivity index (χ3n) is 1.86. The van der Waals surface area contributed by atoms with Gasteiger partial charge in [-0.3, -0.25) is 5.32 Å². The van der Waals surface area contributed by atoms with Gasteiger partial charge in [0.2, 0.25) is 0 Å². The number of carbonyl (C=O) groups excluding carboxylic acids is 1. The van der Waals surface area contributed by atoms with Gasteiger partial charge in [0.1, 0.15) is 11.6 Å². The van der Waals surface area contributed by atoms with E-state index in [2.05, 4.69) is 22.2 Å². The normalized spacial score (nSPS) is 9.47. The third-order valence-corrected chi connectivity index (χ3v) is 1.86. The largest absolute Gasteiger partial charge is 0.450 e. The van der Waals surface area contributed by atoms with E-state index in [4.69, 9.17) is 10.5 Å². The molecule has 0 spiro atoms. The first-order chi connectivity index (χ1) is 8.17. The van der Waals surface area contributed by atoms with E-state index < -0.39 is 6.09 Å². The number of nitrogens with two attached hydrogens (primary N) is 1. The topological polar surface area (TPSA) is 89.3 Å². The lowest BCUT2D eigenvalue weighted by Gasteiger charge is -2.09. The molecule has 0 fully saturated rings. The zero-order valence-electron chi connectivity index (χ0n) is 9.69. The van der Waals surface area contributed by atoms with Gasteiger partial charge >= 0.3 is 6.09 Å². The van der Waals surface area contributed by atoms with E-state index in [1.165, 1.54) is 0 Å². The Balaban J connectivity index is 2.68. The minimum atomic E-state index is -0.548. The molecule has 1 heterocycles. The number of hydrogen-bond acceptors (Lipinski definition) is 5. The van der Waals surface area contributed by atoms with Gasteiger partial charge in [0.15, 0.2) is 0 Å². The number of rotatable bonds is 5. The molecule has 1 aromatic rings. The van der Waals surface area contributed by atoms with Crippen LogP contribution in [0, 0.1) is 0 Å². The van der Waals surface area contributed by atoms with Crippen LogP contribution in [0.2, 0.25) is 0 Å². The molecular formula is C11H16N4O2. The van der Waals surface area contributed by atoms with Gasteiger partial charge in [0.05, 0.1) is 12.3 Å². The van der Waals surface area contributed by atoms with Crippen molar-refractivity contribution < 1.29 is 9.53 Å². The van der Waals surface area contributed by atoms with E-state index in [0.717, 1.165) is 0 Å². The zero-order chi connectivity index (χ0) is 12.7. The molecule has 6 nitrogen and oxygen atoms in total. The summed E-state index contributed by atoms with van der Waals surface area (Å²) in [6, 6.07) is 3.37. The molecule has 17 heavy (non-hydrogen) atoms. The smallest absolute Gasteiger partial charge is 0.411 e. The Hall–Kier alpha value is -2.24. The Morgan fingerprint density at radius 1 is 1.65 bits per heavy atom. The Morgan fingerprint density at radius 3 is 3.00 bits per heavy atom. The van der Waals surface area contributed by atoms with Crippen molar-refractivity contribution >= 4 is 23.4 Å². The molecule has 0 unspecified atom stereocenters. The number of aromatic nitrogens is 1. The maximum Gasteiger partial charge on any atom is 0.411 e. The SMILES string of the molecule is C=CCNc1ccc(NC(=O)OCC)c(N)n1. The molecule has 0 saturated carbocycles. The first kappa shape index (κ1) is 12.8. The summed E-state index contributed by atoms with van der Waals surface area (Å²) in [6.07, 6.45) is 1.16. The van der Waals surface area contributed by atoms with E-state index in [1.807, 2.05) is 0 Å². The highest BCUT2D eigenvalue weighted by atomic mass is 16.5. The highest BCUT2D eigenvalue weighted by Crippen LogP contribution is 2.18. The fourth-order valence-corrected chi connectivity index (χ4v) is 1.13. The lowest BCUT2D eigenvalue weighted by atomic mass is 10.3. The first-order valence-corrected chi connectivity index (χ1v) is 5.22. The molecule has 0 bridgehead atoms. The summed E-state index contributed by atoms with van der Waals surface area (Å²) in [4.78, 5) is 15.2. The maximum absolute atomic E-state index is 11.2. The second kappa shape index (κ2) is 6.37. The van der Waals surface area contributed by atoms with Crippen LogP contribution in [-0.4, -0.2) is 24.2 Å². The van der Waals surface area contributed by atoms with Crippen LogP contribution in [0.3, 0.4) is 0 Å². The van der Waals surface area contributed by atoms with Crippen molar-refractivity contribution in [3.8, 4) is 0 Å². The minimum Gasteiger partial charge on any atom is -0.450 e. The van der Waals surface area contributed by atoms with Gasteiger partial charge in [-0.15, -0.1) is 6.58 Å². The van der Waals surface area contributed by atoms with Crippen LogP contribution in [0.25, 0.3) is 0 Å². The highest BCUT2D eigenvalue weighted by Gasteiger charge is 2.06. The summed E-state index contributed by atoms with van der Waals surface area (Å²) in [6.45, 7) is 6.20. The molecule has 1 aromatic heterocycles. The van der Waals surface area contributed by atoms with Gasteiger partial charge in [-0.1, -0.05) is 6.08 Å². The number of nitrogen functional groups attached to an aromatic ring is 1. The highest BCUT2D eigenvalue weighted by molar-refractivity contribution is 5.88. The summed E-state index contributed by atoms with van der Waals surface area (Å²) in [7, 11) is 0. The summed E-state index contributed by atoms with van der Waals surface area (Å²) < 4.78 is 4.73. The fraction of sp³-hybridized carbons (Fsp3) is 0.273. The van der Waals surface area contributed by atoms with Crippen LogP contribution in [-0.2, 0) is 4.74 Å². The van der Waals surface area contributed by atoms with Crippen molar-refractivity contribution in [3.05, 3.63) is 24.8 Å². The third kappa shape index (κ3) is 4.02. The summed E-state index contributed by atoms with van der Waals surface area (Å²) >= 11 is 0. The number of hydrogen-bond donors (Lipinski definition) is 3. The molecule has 0 radical (unpaired) electrons. The van der Waals surface area contributed by atoms with Crippen molar-refractivity contribution in [2.45, 2.75) is 6.92 Å². The standard InChI is InChI=1S/C11H16N4O2/c1-3-7-13-9-6-5-8(10(12)15-9)14-11(16)17-4-2/h3,5-6H,1,4,7H2,2H3,(H,14,16)(H3,12,13,15). The van der Waals surface area contributed by atoms with E-state index in [1.54, 1.807) is 25.1 Å². The number of nitrogens with zero attached hydrogens (tertiary/aromatic N) is 1. The van der Waals surface area contributed by atoms with Gasteiger partial charge in [-0.05, 0) is 19.1 Å². The van der Waals surface area contributed by atoms with Crippen molar-refractivity contribution in [3.63, 3.8) is 0 Å². The van der Waals surface area contributed by atoms with Crippen molar-refractivity contribution in [1.29, 1.82) is 0 Å². The Labute approximate surface area is 99.9 Å². The second-order valence-corrected chi connectivity index (χ2v) is 3.14. The van der Waals surface area contributed by atoms with Crippen LogP contribution in [0.1, 0.15) is 6.92 Å². The summed E-state index contributed by atoms with van der Waals surface area (Å²) in [5.74, 6) is 0.851. The summed E-state index contributed by atoms with van der Waals surface area (Å²) in [5.41, 5.74) is 6.11. The van der Waals surface area contributed by atoms with E-state index in [-0.39, 0.29) is 5.82 Å². The number of carbonyl (C=O) groups is 1. The molecule has 6 heteroatoms. The van der Waals surface area contributed by atoms with E-state index >= 15 is 0 Å². The van der Waals surface area contributed by atoms with Gasteiger partial charge in [0, 0.05) is 6.54 Å². The lowest BCUT2D eigenvalue weighted by molar-refractivity contribution is 0.168. The monoisotopic (exact) mass is 236 g/mol. The second-order valence-electron chi connectivity index (χ2n) is 3.14. The molecule has 0 aliphatic carbocycles. The molecule has 0 saturated heterocycles. The van der Waals surface area contributed by atoms with E-state index in [9.17, 15) is 4.79 Å². The van der Waals surface area contributed by atoms with Crippen LogP contribution in [0.5, 0.6) is 0 Å². The molecule has 1 rings (SSSR count). The number of anilines is 3. The van der Waals surface area contributed by atoms with Crippen LogP contribution in [0.15, 0.2) is 24.8 Å². The van der Waals surface area contributed by atoms with Crippen LogP contribution >= 0.6 is 0 Å². The molecular weight excluding hydrogens is 220 g/mol. The minimum absolute atomic E-state index is 0.229. The zero-order valence-corrected chi connectivity index (χ0v) is 9.69. The number of ether oxygens (including phenoxy) is 1. The maximum atomic E-state index is 11.2. The Kier molecular flexibility index (Phi) is 4.80. The Morgan fingerprint density at radius 2 is 2.41 bits per heavy atom. The van der Waals surface area contributed by atoms with Gasteiger partial charge in [-0.2, -0.15) is 0 Å². The molecule has 0 aliphatic heterocycles. The molecule has 1 amide bonds. The van der Waals surface area contributed by atoms with Gasteiger partial charge in [-0.25, -0.2) is 9.78 Å². The van der Waals surface area contributed by atoms with Crippen LogP contribution in [0.4, 0.5) is 22.1 Å². The van der Waals surface area contributed by atoms with Crippen molar-refractivity contribution in [2.24, 2.45) is 0 Å². The molecule has 0 aromatic carbocycles. The van der Waals surface area contributed by atoms with E-state index in [0.29, 0.717) is 24.7 Å². The molecule has 4 N–H and O–H groups in total. The molecule has 0 aliphatic rings. The predicted molar refractivity (Wildman–Crippen MR) is 68.0 cm³/mol. The lowest BCUT2D eigenvalue weighted by Crippen LogP contribution is -2.15. The number of pyridine rings is 1. The Bertz CT molecular complexity index is 406. The molecule has 0 atom stereocenters. The van der Waals surface area contributed by atoms with Gasteiger partial charge in [0.25, 0.3) is 0 Å². The number of nitrogens with one attached hydrogen (secondary N) is 2. The molecule has 92 valence electrons. The average molecular weight is 236 g/mol. The van der Waals surface area contributed by atoms with Gasteiger partial charge < -0.3 is 15.8 Å². The predicted octanol–water partition coefficient (Wildman–Crippen LogP) is 1.83. The van der Waals surface area contributed by atoms with Crippen molar-refractivity contribution in [2.75, 3.05) is 29.5 Å². The van der Waals surface area contributed by atoms with Crippen LogP contribution < -0.4 is 16.4 Å². The quantitative estimate of drug-likeness (QED) is 0.679. The first-order valence-electron chi connectivity index (χ1n) is 5.22.